The largest absolute Gasteiger partial charge is 0.478 e. The molecule has 1 heterocycles. The molecule has 0 spiro atoms. The van der Waals surface area contributed by atoms with Gasteiger partial charge in [-0.15, -0.1) is 11.3 Å². The van der Waals surface area contributed by atoms with Crippen LogP contribution in [0.4, 0.5) is 19.9 Å². The number of anilines is 2. The van der Waals surface area contributed by atoms with Crippen molar-refractivity contribution in [3.63, 3.8) is 0 Å². The van der Waals surface area contributed by atoms with Gasteiger partial charge in [-0.3, -0.25) is 5.32 Å². The van der Waals surface area contributed by atoms with E-state index in [0.29, 0.717) is 11.3 Å². The summed E-state index contributed by atoms with van der Waals surface area (Å²) in [5.74, 6) is -1.59. The van der Waals surface area contributed by atoms with Crippen molar-refractivity contribution in [1.29, 1.82) is 0 Å². The summed E-state index contributed by atoms with van der Waals surface area (Å²) in [7, 11) is 0. The molecule has 0 aliphatic heterocycles. The number of aryl methyl sites for hydroxylation is 1. The number of urea groups is 1. The zero-order chi connectivity index (χ0) is 14.7. The third kappa shape index (κ3) is 3.12. The number of carboxylic acid groups (broad SMARTS) is 1. The molecule has 2 rings (SSSR count). The zero-order valence-corrected chi connectivity index (χ0v) is 11.3. The third-order valence-corrected chi connectivity index (χ3v) is 3.40. The summed E-state index contributed by atoms with van der Waals surface area (Å²) >= 11 is 1.10. The van der Waals surface area contributed by atoms with Crippen molar-refractivity contribution in [2.24, 2.45) is 0 Å². The van der Waals surface area contributed by atoms with Gasteiger partial charge in [0.15, 0.2) is 0 Å². The van der Waals surface area contributed by atoms with Crippen molar-refractivity contribution < 1.29 is 19.1 Å². The molecule has 0 aliphatic carbocycles. The molecule has 0 saturated carbocycles. The highest BCUT2D eigenvalue weighted by Gasteiger charge is 2.14. The molecule has 2 aromatic rings. The third-order valence-electron chi connectivity index (χ3n) is 2.57. The minimum Gasteiger partial charge on any atom is -0.478 e. The quantitative estimate of drug-likeness (QED) is 0.810. The fraction of sp³-hybridized carbons (Fsp3) is 0.0769. The Hall–Kier alpha value is -2.41. The molecule has 0 unspecified atom stereocenters. The lowest BCUT2D eigenvalue weighted by atomic mass is 10.2. The maximum Gasteiger partial charge on any atom is 0.338 e. The van der Waals surface area contributed by atoms with Crippen molar-refractivity contribution in [2.45, 2.75) is 6.92 Å². The van der Waals surface area contributed by atoms with Gasteiger partial charge in [0.1, 0.15) is 10.8 Å². The Balaban J connectivity index is 2.11. The molecule has 0 fully saturated rings. The van der Waals surface area contributed by atoms with Crippen LogP contribution >= 0.6 is 11.3 Å². The van der Waals surface area contributed by atoms with Crippen LogP contribution < -0.4 is 10.6 Å². The number of amides is 2. The number of benzene rings is 1. The molecule has 0 bridgehead atoms. The molecule has 20 heavy (non-hydrogen) atoms. The summed E-state index contributed by atoms with van der Waals surface area (Å²) in [6.45, 7) is 1.73. The minimum atomic E-state index is -1.12. The standard InChI is InChI=1S/C13H11FN2O3S/c1-7-2-3-8(14)6-10(7)15-13(19)16-11-9(12(17)18)4-5-20-11/h2-6H,1H3,(H,17,18)(H2,15,16,19). The number of hydrogen-bond donors (Lipinski definition) is 3. The van der Waals surface area contributed by atoms with Crippen LogP contribution in [0.25, 0.3) is 0 Å². The fourth-order valence-corrected chi connectivity index (χ4v) is 2.33. The second kappa shape index (κ2) is 5.70. The van der Waals surface area contributed by atoms with Crippen LogP contribution in [0.5, 0.6) is 0 Å². The van der Waals surface area contributed by atoms with Gasteiger partial charge in [-0.2, -0.15) is 0 Å². The highest BCUT2D eigenvalue weighted by Crippen LogP contribution is 2.23. The lowest BCUT2D eigenvalue weighted by Gasteiger charge is -2.09. The average Bonchev–Trinajstić information content (AvgIpc) is 2.82. The van der Waals surface area contributed by atoms with Crippen molar-refractivity contribution in [3.05, 3.63) is 46.6 Å². The normalized spacial score (nSPS) is 10.1. The van der Waals surface area contributed by atoms with Crippen LogP contribution in [-0.4, -0.2) is 17.1 Å². The Kier molecular flexibility index (Phi) is 3.99. The van der Waals surface area contributed by atoms with E-state index in [1.807, 2.05) is 0 Å². The molecule has 1 aromatic heterocycles. The number of hydrogen-bond acceptors (Lipinski definition) is 3. The molecule has 7 heteroatoms. The number of aromatic carboxylic acids is 1. The van der Waals surface area contributed by atoms with E-state index in [0.717, 1.165) is 11.3 Å². The smallest absolute Gasteiger partial charge is 0.338 e. The second-order valence-corrected chi connectivity index (χ2v) is 4.92. The average molecular weight is 294 g/mol. The van der Waals surface area contributed by atoms with E-state index in [-0.39, 0.29) is 10.6 Å². The summed E-state index contributed by atoms with van der Waals surface area (Å²) in [6.07, 6.45) is 0. The van der Waals surface area contributed by atoms with Crippen molar-refractivity contribution >= 4 is 34.0 Å². The highest BCUT2D eigenvalue weighted by atomic mass is 32.1. The van der Waals surface area contributed by atoms with Gasteiger partial charge in [0, 0.05) is 5.69 Å². The molecule has 5 nitrogen and oxygen atoms in total. The SMILES string of the molecule is Cc1ccc(F)cc1NC(=O)Nc1sccc1C(=O)O. The molecule has 0 radical (unpaired) electrons. The molecular weight excluding hydrogens is 283 g/mol. The first-order valence-corrected chi connectivity index (χ1v) is 6.50. The molecule has 0 aliphatic rings. The van der Waals surface area contributed by atoms with Gasteiger partial charge in [-0.05, 0) is 36.1 Å². The van der Waals surface area contributed by atoms with Crippen LogP contribution in [0.1, 0.15) is 15.9 Å². The summed E-state index contributed by atoms with van der Waals surface area (Å²) in [4.78, 5) is 22.7. The fourth-order valence-electron chi connectivity index (χ4n) is 1.56. The van der Waals surface area contributed by atoms with Crippen LogP contribution in [-0.2, 0) is 0 Å². The molecule has 0 atom stereocenters. The van der Waals surface area contributed by atoms with Gasteiger partial charge in [0.2, 0.25) is 0 Å². The van der Waals surface area contributed by atoms with E-state index in [4.69, 9.17) is 5.11 Å². The summed E-state index contributed by atoms with van der Waals surface area (Å²) in [5, 5.41) is 15.6. The molecule has 3 N–H and O–H groups in total. The molecule has 104 valence electrons. The second-order valence-electron chi connectivity index (χ2n) is 4.01. The lowest BCUT2D eigenvalue weighted by molar-refractivity contribution is 0.0698. The first-order valence-electron chi connectivity index (χ1n) is 5.62. The number of rotatable bonds is 3. The van der Waals surface area contributed by atoms with Crippen molar-refractivity contribution in [3.8, 4) is 0 Å². The molecular formula is C13H11FN2O3S. The maximum absolute atomic E-state index is 13.1. The number of carboxylic acids is 1. The Bertz CT molecular complexity index is 669. The van der Waals surface area contributed by atoms with E-state index in [9.17, 15) is 14.0 Å². The highest BCUT2D eigenvalue weighted by molar-refractivity contribution is 7.14. The van der Waals surface area contributed by atoms with E-state index in [1.165, 1.54) is 18.2 Å². The summed E-state index contributed by atoms with van der Waals surface area (Å²) in [5.41, 5.74) is 1.04. The van der Waals surface area contributed by atoms with Gasteiger partial charge in [0.05, 0.1) is 5.56 Å². The number of thiophene rings is 1. The number of carbonyl (C=O) groups excluding carboxylic acids is 1. The molecule has 2 amide bonds. The van der Waals surface area contributed by atoms with E-state index in [2.05, 4.69) is 10.6 Å². The molecule has 1 aromatic carbocycles. The first-order chi connectivity index (χ1) is 9.47. The van der Waals surface area contributed by atoms with Crippen LogP contribution in [0.2, 0.25) is 0 Å². The van der Waals surface area contributed by atoms with E-state index in [1.54, 1.807) is 18.4 Å². The van der Waals surface area contributed by atoms with Crippen LogP contribution in [0.15, 0.2) is 29.6 Å². The van der Waals surface area contributed by atoms with E-state index < -0.39 is 17.8 Å². The maximum atomic E-state index is 13.1. The monoisotopic (exact) mass is 294 g/mol. The lowest BCUT2D eigenvalue weighted by Crippen LogP contribution is -2.20. The van der Waals surface area contributed by atoms with Gasteiger partial charge in [0.25, 0.3) is 0 Å². The van der Waals surface area contributed by atoms with Crippen molar-refractivity contribution in [2.75, 3.05) is 10.6 Å². The van der Waals surface area contributed by atoms with Crippen molar-refractivity contribution in [1.82, 2.24) is 0 Å². The van der Waals surface area contributed by atoms with Gasteiger partial charge >= 0.3 is 12.0 Å². The predicted molar refractivity (Wildman–Crippen MR) is 75.1 cm³/mol. The predicted octanol–water partition coefficient (Wildman–Crippen LogP) is 3.54. The van der Waals surface area contributed by atoms with Gasteiger partial charge in [-0.25, -0.2) is 14.0 Å². The molecule has 0 saturated heterocycles. The summed E-state index contributed by atoms with van der Waals surface area (Å²) < 4.78 is 13.1. The summed E-state index contributed by atoms with van der Waals surface area (Å²) in [6, 6.07) is 4.81. The zero-order valence-electron chi connectivity index (χ0n) is 10.4. The Morgan fingerprint density at radius 2 is 2.00 bits per heavy atom. The van der Waals surface area contributed by atoms with Gasteiger partial charge < -0.3 is 10.4 Å². The Labute approximate surface area is 118 Å². The van der Waals surface area contributed by atoms with Crippen LogP contribution in [0, 0.1) is 12.7 Å². The minimum absolute atomic E-state index is 0.0149. The number of halogens is 1. The Morgan fingerprint density at radius 3 is 2.70 bits per heavy atom. The number of carbonyl (C=O) groups is 2. The Morgan fingerprint density at radius 1 is 1.25 bits per heavy atom. The van der Waals surface area contributed by atoms with Crippen LogP contribution in [0.3, 0.4) is 0 Å². The first kappa shape index (κ1) is 14.0. The van der Waals surface area contributed by atoms with E-state index >= 15 is 0 Å². The topological polar surface area (TPSA) is 78.4 Å². The number of nitrogens with one attached hydrogen (secondary N) is 2. The van der Waals surface area contributed by atoms with Gasteiger partial charge in [-0.1, -0.05) is 6.07 Å².